The molecule has 2 N–H and O–H groups in total. The Balaban J connectivity index is 3.85. The molecule has 0 aliphatic heterocycles. The van der Waals surface area contributed by atoms with Gasteiger partial charge >= 0.3 is 0 Å². The molecule has 0 spiro atoms. The molecule has 0 rings (SSSR count). The molecule has 0 fully saturated rings. The van der Waals surface area contributed by atoms with E-state index in [2.05, 4.69) is 39.6 Å². The third kappa shape index (κ3) is 5.61. The lowest BCUT2D eigenvalue weighted by atomic mass is 9.87. The standard InChI is InChI=1S/C12H28N2/c1-6-12(4,9-13)10-14(5)8-7-11(2)3/h11H,6-10,13H2,1-5H3. The minimum atomic E-state index is 0.297. The van der Waals surface area contributed by atoms with Crippen LogP contribution < -0.4 is 5.73 Å². The van der Waals surface area contributed by atoms with E-state index in [-0.39, 0.29) is 0 Å². The second-order valence-electron chi connectivity index (χ2n) is 5.29. The third-order valence-corrected chi connectivity index (χ3v) is 3.09. The molecule has 0 saturated heterocycles. The average molecular weight is 200 g/mol. The number of nitrogens with zero attached hydrogens (tertiary/aromatic N) is 1. The van der Waals surface area contributed by atoms with Crippen LogP contribution in [0.15, 0.2) is 0 Å². The summed E-state index contributed by atoms with van der Waals surface area (Å²) in [6.45, 7) is 12.1. The lowest BCUT2D eigenvalue weighted by molar-refractivity contribution is 0.185. The normalized spacial score (nSPS) is 16.3. The Bertz CT molecular complexity index is 139. The summed E-state index contributed by atoms with van der Waals surface area (Å²) in [6.07, 6.45) is 2.44. The van der Waals surface area contributed by atoms with Gasteiger partial charge < -0.3 is 10.6 Å². The van der Waals surface area contributed by atoms with E-state index in [0.29, 0.717) is 5.41 Å². The van der Waals surface area contributed by atoms with E-state index in [9.17, 15) is 0 Å². The minimum Gasteiger partial charge on any atom is -0.330 e. The summed E-state index contributed by atoms with van der Waals surface area (Å²) in [5, 5.41) is 0. The van der Waals surface area contributed by atoms with Gasteiger partial charge in [0, 0.05) is 6.54 Å². The lowest BCUT2D eigenvalue weighted by Gasteiger charge is -2.32. The van der Waals surface area contributed by atoms with Crippen LogP contribution in [0, 0.1) is 11.3 Å². The van der Waals surface area contributed by atoms with Crippen LogP contribution in [0.5, 0.6) is 0 Å². The van der Waals surface area contributed by atoms with Crippen LogP contribution >= 0.6 is 0 Å². The molecule has 0 amide bonds. The van der Waals surface area contributed by atoms with Crippen molar-refractivity contribution in [3.8, 4) is 0 Å². The van der Waals surface area contributed by atoms with Gasteiger partial charge in [0.05, 0.1) is 0 Å². The maximum Gasteiger partial charge on any atom is 0.00443 e. The van der Waals surface area contributed by atoms with Crippen molar-refractivity contribution in [2.24, 2.45) is 17.1 Å². The molecule has 0 aromatic carbocycles. The Hall–Kier alpha value is -0.0800. The van der Waals surface area contributed by atoms with Crippen LogP contribution in [0.3, 0.4) is 0 Å². The molecule has 0 saturated carbocycles. The van der Waals surface area contributed by atoms with E-state index in [0.717, 1.165) is 25.4 Å². The molecule has 0 aromatic rings. The van der Waals surface area contributed by atoms with Crippen LogP contribution in [0.4, 0.5) is 0 Å². The zero-order valence-corrected chi connectivity index (χ0v) is 10.6. The summed E-state index contributed by atoms with van der Waals surface area (Å²) in [7, 11) is 2.20. The van der Waals surface area contributed by atoms with E-state index in [1.54, 1.807) is 0 Å². The van der Waals surface area contributed by atoms with Crippen LogP contribution in [-0.4, -0.2) is 31.6 Å². The Labute approximate surface area is 89.9 Å². The fraction of sp³-hybridized carbons (Fsp3) is 1.00. The molecule has 0 aliphatic rings. The first kappa shape index (κ1) is 13.9. The van der Waals surface area contributed by atoms with Gasteiger partial charge in [-0.05, 0) is 44.3 Å². The highest BCUT2D eigenvalue weighted by molar-refractivity contribution is 4.76. The Kier molecular flexibility index (Phi) is 6.38. The number of hydrogen-bond acceptors (Lipinski definition) is 2. The Morgan fingerprint density at radius 3 is 2.29 bits per heavy atom. The number of nitrogens with two attached hydrogens (primary N) is 1. The van der Waals surface area contributed by atoms with Crippen LogP contribution in [0.25, 0.3) is 0 Å². The van der Waals surface area contributed by atoms with Gasteiger partial charge in [0.15, 0.2) is 0 Å². The highest BCUT2D eigenvalue weighted by Crippen LogP contribution is 2.20. The van der Waals surface area contributed by atoms with E-state index in [1.165, 1.54) is 13.0 Å². The van der Waals surface area contributed by atoms with Crippen molar-refractivity contribution in [3.63, 3.8) is 0 Å². The van der Waals surface area contributed by atoms with Crippen molar-refractivity contribution in [1.29, 1.82) is 0 Å². The van der Waals surface area contributed by atoms with Crippen molar-refractivity contribution >= 4 is 0 Å². The van der Waals surface area contributed by atoms with E-state index >= 15 is 0 Å². The highest BCUT2D eigenvalue weighted by Gasteiger charge is 2.21. The number of hydrogen-bond donors (Lipinski definition) is 1. The molecule has 0 heterocycles. The van der Waals surface area contributed by atoms with E-state index < -0.39 is 0 Å². The molecule has 1 unspecified atom stereocenters. The zero-order chi connectivity index (χ0) is 11.2. The molecular formula is C12H28N2. The minimum absolute atomic E-state index is 0.297. The summed E-state index contributed by atoms with van der Waals surface area (Å²) in [5.41, 5.74) is 6.09. The van der Waals surface area contributed by atoms with Crippen LogP contribution in [0.1, 0.15) is 40.5 Å². The van der Waals surface area contributed by atoms with Crippen LogP contribution in [0.2, 0.25) is 0 Å². The quantitative estimate of drug-likeness (QED) is 0.683. The molecule has 14 heavy (non-hydrogen) atoms. The average Bonchev–Trinajstić information content (AvgIpc) is 2.14. The second-order valence-corrected chi connectivity index (χ2v) is 5.29. The first-order valence-electron chi connectivity index (χ1n) is 5.82. The third-order valence-electron chi connectivity index (χ3n) is 3.09. The van der Waals surface area contributed by atoms with Gasteiger partial charge in [-0.2, -0.15) is 0 Å². The molecular weight excluding hydrogens is 172 g/mol. The monoisotopic (exact) mass is 200 g/mol. The largest absolute Gasteiger partial charge is 0.330 e. The summed E-state index contributed by atoms with van der Waals surface area (Å²) in [6, 6.07) is 0. The summed E-state index contributed by atoms with van der Waals surface area (Å²) in [4.78, 5) is 2.41. The van der Waals surface area contributed by atoms with Gasteiger partial charge in [0.1, 0.15) is 0 Å². The van der Waals surface area contributed by atoms with E-state index in [1.807, 2.05) is 0 Å². The first-order chi connectivity index (χ1) is 6.43. The predicted molar refractivity (Wildman–Crippen MR) is 64.4 cm³/mol. The molecule has 0 aromatic heterocycles. The van der Waals surface area contributed by atoms with Gasteiger partial charge in [-0.1, -0.05) is 27.7 Å². The molecule has 0 bridgehead atoms. The maximum atomic E-state index is 5.80. The smallest absolute Gasteiger partial charge is 0.00443 e. The molecule has 2 nitrogen and oxygen atoms in total. The molecule has 1 atom stereocenters. The van der Waals surface area contributed by atoms with Crippen molar-refractivity contribution in [2.45, 2.75) is 40.5 Å². The predicted octanol–water partition coefficient (Wildman–Crippen LogP) is 2.34. The van der Waals surface area contributed by atoms with Gasteiger partial charge in [-0.3, -0.25) is 0 Å². The van der Waals surface area contributed by atoms with Gasteiger partial charge in [0.25, 0.3) is 0 Å². The zero-order valence-electron chi connectivity index (χ0n) is 10.6. The van der Waals surface area contributed by atoms with Crippen LogP contribution in [-0.2, 0) is 0 Å². The molecule has 0 radical (unpaired) electrons. The topological polar surface area (TPSA) is 29.3 Å². The molecule has 0 aliphatic carbocycles. The van der Waals surface area contributed by atoms with Crippen molar-refractivity contribution in [1.82, 2.24) is 4.90 Å². The Morgan fingerprint density at radius 2 is 1.93 bits per heavy atom. The molecule has 86 valence electrons. The van der Waals surface area contributed by atoms with E-state index in [4.69, 9.17) is 5.73 Å². The SMILES string of the molecule is CCC(C)(CN)CN(C)CCC(C)C. The lowest BCUT2D eigenvalue weighted by Crippen LogP contribution is -2.39. The number of rotatable bonds is 7. The summed E-state index contributed by atoms with van der Waals surface area (Å²) >= 11 is 0. The summed E-state index contributed by atoms with van der Waals surface area (Å²) in [5.74, 6) is 0.795. The van der Waals surface area contributed by atoms with Crippen molar-refractivity contribution < 1.29 is 0 Å². The van der Waals surface area contributed by atoms with Crippen molar-refractivity contribution in [3.05, 3.63) is 0 Å². The van der Waals surface area contributed by atoms with Crippen molar-refractivity contribution in [2.75, 3.05) is 26.7 Å². The summed E-state index contributed by atoms with van der Waals surface area (Å²) < 4.78 is 0. The molecule has 2 heteroatoms. The fourth-order valence-electron chi connectivity index (χ4n) is 1.53. The van der Waals surface area contributed by atoms with Gasteiger partial charge in [0.2, 0.25) is 0 Å². The maximum absolute atomic E-state index is 5.80. The highest BCUT2D eigenvalue weighted by atomic mass is 15.1. The second kappa shape index (κ2) is 6.41. The Morgan fingerprint density at radius 1 is 1.36 bits per heavy atom. The van der Waals surface area contributed by atoms with Gasteiger partial charge in [-0.15, -0.1) is 0 Å². The fourth-order valence-corrected chi connectivity index (χ4v) is 1.53. The first-order valence-corrected chi connectivity index (χ1v) is 5.82. The van der Waals surface area contributed by atoms with Gasteiger partial charge in [-0.25, -0.2) is 0 Å².